The van der Waals surface area contributed by atoms with Gasteiger partial charge >= 0.3 is 0 Å². The first-order valence-corrected chi connectivity index (χ1v) is 26.9. The number of halogens is 2. The lowest BCUT2D eigenvalue weighted by molar-refractivity contribution is 0.0610. The van der Waals surface area contributed by atoms with E-state index in [4.69, 9.17) is 36.1 Å². The molecule has 0 amide bonds. The molecule has 0 spiro atoms. The summed E-state index contributed by atoms with van der Waals surface area (Å²) in [5.41, 5.74) is 4.35. The number of imidazole rings is 2. The van der Waals surface area contributed by atoms with E-state index in [1.807, 2.05) is 36.4 Å². The molecular weight excluding hydrogens is 994 g/mol. The highest BCUT2D eigenvalue weighted by Gasteiger charge is 2.30. The minimum absolute atomic E-state index is 0.0330. The fourth-order valence-electron chi connectivity index (χ4n) is 8.48. The molecule has 0 aliphatic carbocycles. The number of nitrogens with one attached hydrogen (secondary N) is 1. The molecule has 2 N–H and O–H groups in total. The summed E-state index contributed by atoms with van der Waals surface area (Å²) in [6.45, 7) is 18.2. The predicted molar refractivity (Wildman–Crippen MR) is 272 cm³/mol. The molecule has 0 radical (unpaired) electrons. The van der Waals surface area contributed by atoms with Crippen molar-refractivity contribution in [1.29, 1.82) is 0 Å². The van der Waals surface area contributed by atoms with Crippen LogP contribution in [-0.4, -0.2) is 105 Å². The molecule has 0 unspecified atom stereocenters. The third-order valence-electron chi connectivity index (χ3n) is 12.3. The Bertz CT molecular complexity index is 2940. The normalized spacial score (nSPS) is 15.6. The quantitative estimate of drug-likeness (QED) is 0.105. The number of anilines is 3. The van der Waals surface area contributed by atoms with Gasteiger partial charge in [-0.2, -0.15) is 0 Å². The van der Waals surface area contributed by atoms with Crippen LogP contribution >= 0.6 is 27.5 Å². The number of pyridine rings is 2. The van der Waals surface area contributed by atoms with Gasteiger partial charge in [-0.1, -0.05) is 53.1 Å². The number of ether oxygens (including phenoxy) is 2. The number of aliphatic hydroxyl groups is 1. The van der Waals surface area contributed by atoms with E-state index in [9.17, 15) is 16.8 Å². The Morgan fingerprint density at radius 3 is 1.57 bits per heavy atom. The van der Waals surface area contributed by atoms with Crippen LogP contribution in [-0.2, 0) is 53.4 Å². The molecule has 0 saturated carbocycles. The molecule has 6 heterocycles. The molecule has 2 aromatic carbocycles. The maximum atomic E-state index is 13.3. The highest BCUT2D eigenvalue weighted by atomic mass is 79.9. The number of hydrogen-bond donors (Lipinski definition) is 2. The van der Waals surface area contributed by atoms with E-state index in [1.54, 1.807) is 6.07 Å². The van der Waals surface area contributed by atoms with Crippen LogP contribution in [0.3, 0.4) is 0 Å². The second kappa shape index (κ2) is 20.9. The summed E-state index contributed by atoms with van der Waals surface area (Å²) in [7, 11) is -4.56. The van der Waals surface area contributed by atoms with Gasteiger partial charge in [0, 0.05) is 83.4 Å². The first-order valence-electron chi connectivity index (χ1n) is 22.9. The molecule has 16 nitrogen and oxygen atoms in total. The number of sulfonamides is 2. The lowest BCUT2D eigenvalue weighted by atomic mass is 9.94. The van der Waals surface area contributed by atoms with Crippen molar-refractivity contribution < 1.29 is 31.4 Å². The van der Waals surface area contributed by atoms with E-state index in [1.165, 1.54) is 47.2 Å². The first kappa shape index (κ1) is 51.5. The number of aliphatic hydroxyl groups excluding tert-OH is 1. The predicted octanol–water partition coefficient (Wildman–Crippen LogP) is 8.78. The number of hydrogen-bond acceptors (Lipinski definition) is 12. The molecule has 0 bridgehead atoms. The fraction of sp³-hybridized carbons (Fsp3) is 0.500. The molecule has 368 valence electrons. The van der Waals surface area contributed by atoms with Gasteiger partial charge in [0.2, 0.25) is 0 Å². The van der Waals surface area contributed by atoms with Gasteiger partial charge in [-0.3, -0.25) is 8.61 Å². The maximum absolute atomic E-state index is 13.3. The number of aromatic nitrogens is 6. The molecule has 2 saturated heterocycles. The van der Waals surface area contributed by atoms with Crippen molar-refractivity contribution in [3.8, 4) is 0 Å². The Labute approximate surface area is 413 Å². The van der Waals surface area contributed by atoms with E-state index in [-0.39, 0.29) is 32.4 Å². The standard InChI is InChI=1S/C25H35N5O4S.C23H28BrClN4O3S/c1-25(2,3)24-28-21-15-19(5-7-22(21)30(24)17-18-9-13-34-14-10-18)29(4)35(32,33)20-6-8-23(27-16-20)26-11-12-31;1-23(2,3)22-27-19-11-16(5-6-20(19)29(22)14-15-7-9-32-10-8-15)28(4)33(30,31)17-12-18(24)21(25)26-13-17/h5-8,15-16,18,31H,9-14,17H2,1-4H3,(H,26,27);5-6,11-13,15H,7-10,14H2,1-4H3. The van der Waals surface area contributed by atoms with Crippen molar-refractivity contribution in [3.05, 3.63) is 88.3 Å². The number of benzene rings is 2. The average Bonchev–Trinajstić information content (AvgIpc) is 3.87. The fourth-order valence-corrected chi connectivity index (χ4v) is 11.4. The Balaban J connectivity index is 0.000000202. The van der Waals surface area contributed by atoms with E-state index >= 15 is 0 Å². The van der Waals surface area contributed by atoms with Crippen LogP contribution in [0.15, 0.2) is 81.3 Å². The van der Waals surface area contributed by atoms with Gasteiger partial charge in [0.1, 0.15) is 32.4 Å². The van der Waals surface area contributed by atoms with Gasteiger partial charge in [-0.25, -0.2) is 36.8 Å². The Morgan fingerprint density at radius 1 is 0.706 bits per heavy atom. The summed E-state index contributed by atoms with van der Waals surface area (Å²) in [5.74, 6) is 3.57. The number of fused-ring (bicyclic) bond motifs is 2. The summed E-state index contributed by atoms with van der Waals surface area (Å²) >= 11 is 9.18. The van der Waals surface area contributed by atoms with Crippen molar-refractivity contribution in [2.24, 2.45) is 11.8 Å². The first-order chi connectivity index (χ1) is 32.1. The second-order valence-corrected chi connectivity index (χ2v) is 24.6. The summed E-state index contributed by atoms with van der Waals surface area (Å²) in [6.07, 6.45) is 6.72. The van der Waals surface area contributed by atoms with Crippen LogP contribution in [0.4, 0.5) is 17.2 Å². The van der Waals surface area contributed by atoms with Crippen molar-refractivity contribution in [3.63, 3.8) is 0 Å². The van der Waals surface area contributed by atoms with Gasteiger partial charge in [-0.05, 0) is 108 Å². The zero-order valence-electron chi connectivity index (χ0n) is 40.0. The molecule has 6 aromatic rings. The Hall–Kier alpha value is -4.37. The van der Waals surface area contributed by atoms with Crippen LogP contribution in [0.2, 0.25) is 5.15 Å². The lowest BCUT2D eigenvalue weighted by Crippen LogP contribution is -2.26. The molecule has 2 aliphatic heterocycles. The van der Waals surface area contributed by atoms with E-state index in [0.717, 1.165) is 98.9 Å². The van der Waals surface area contributed by atoms with Crippen molar-refractivity contribution in [2.45, 2.75) is 101 Å². The summed E-state index contributed by atoms with van der Waals surface area (Å²) in [6, 6.07) is 15.8. The molecule has 8 rings (SSSR count). The third-order valence-corrected chi connectivity index (χ3v) is 17.0. The molecule has 68 heavy (non-hydrogen) atoms. The highest BCUT2D eigenvalue weighted by molar-refractivity contribution is 9.10. The minimum atomic E-state index is -3.82. The van der Waals surface area contributed by atoms with Gasteiger partial charge in [0.25, 0.3) is 20.0 Å². The summed E-state index contributed by atoms with van der Waals surface area (Å²) in [5, 5.41) is 12.1. The Kier molecular flexibility index (Phi) is 15.8. The van der Waals surface area contributed by atoms with Gasteiger partial charge in [0.15, 0.2) is 0 Å². The molecule has 0 atom stereocenters. The van der Waals surface area contributed by atoms with Crippen LogP contribution in [0.25, 0.3) is 22.1 Å². The second-order valence-electron chi connectivity index (χ2n) is 19.5. The Morgan fingerprint density at radius 2 is 1.16 bits per heavy atom. The van der Waals surface area contributed by atoms with Crippen molar-refractivity contribution in [2.75, 3.05) is 67.6 Å². The largest absolute Gasteiger partial charge is 0.395 e. The van der Waals surface area contributed by atoms with Crippen molar-refractivity contribution >= 4 is 86.8 Å². The van der Waals surface area contributed by atoms with Crippen LogP contribution in [0.5, 0.6) is 0 Å². The molecule has 4 aromatic heterocycles. The van der Waals surface area contributed by atoms with Crippen molar-refractivity contribution in [1.82, 2.24) is 29.1 Å². The third kappa shape index (κ3) is 11.5. The molecule has 20 heteroatoms. The SMILES string of the molecule is CN(c1ccc2c(c1)nc(C(C)(C)C)n2CC1CCOCC1)S(=O)(=O)c1ccc(NCCO)nc1.CN(c1ccc2c(c1)nc(C(C)(C)C)n2CC1CCOCC1)S(=O)(=O)c1cnc(Cl)c(Br)c1. The summed E-state index contributed by atoms with van der Waals surface area (Å²) < 4.78 is 71.6. The molecule has 2 aliphatic rings. The van der Waals surface area contributed by atoms with Crippen LogP contribution < -0.4 is 13.9 Å². The monoisotopic (exact) mass is 1060 g/mol. The number of nitrogens with zero attached hydrogens (tertiary/aromatic N) is 8. The zero-order valence-corrected chi connectivity index (χ0v) is 44.0. The average molecular weight is 1060 g/mol. The van der Waals surface area contributed by atoms with Gasteiger partial charge < -0.3 is 29.0 Å². The van der Waals surface area contributed by atoms with E-state index < -0.39 is 20.0 Å². The molecule has 2 fully saturated rings. The number of rotatable bonds is 13. The van der Waals surface area contributed by atoms with Crippen LogP contribution in [0.1, 0.15) is 78.9 Å². The van der Waals surface area contributed by atoms with E-state index in [0.29, 0.717) is 40.0 Å². The van der Waals surface area contributed by atoms with Gasteiger partial charge in [-0.15, -0.1) is 0 Å². The topological polar surface area (TPSA) is 187 Å². The summed E-state index contributed by atoms with van der Waals surface area (Å²) in [4.78, 5) is 18.2. The smallest absolute Gasteiger partial charge is 0.265 e. The minimum Gasteiger partial charge on any atom is -0.395 e. The van der Waals surface area contributed by atoms with E-state index in [2.05, 4.69) is 81.9 Å². The zero-order chi connectivity index (χ0) is 49.2. The van der Waals surface area contributed by atoms with Crippen LogP contribution in [0, 0.1) is 11.8 Å². The molecular formula is C48H63BrClN9O7S2. The lowest BCUT2D eigenvalue weighted by Gasteiger charge is -2.26. The highest BCUT2D eigenvalue weighted by Crippen LogP contribution is 2.35. The van der Waals surface area contributed by atoms with Gasteiger partial charge in [0.05, 0.1) is 44.5 Å². The maximum Gasteiger partial charge on any atom is 0.265 e.